The monoisotopic (exact) mass is 240 g/mol. The summed E-state index contributed by atoms with van der Waals surface area (Å²) >= 11 is 0. The lowest BCUT2D eigenvalue weighted by Gasteiger charge is -2.08. The molecule has 0 aromatic rings. The van der Waals surface area contributed by atoms with Crippen LogP contribution in [0.15, 0.2) is 0 Å². The largest absolute Gasteiger partial charge is 0.393 e. The van der Waals surface area contributed by atoms with E-state index in [4.69, 9.17) is 9.84 Å². The van der Waals surface area contributed by atoms with Crippen LogP contribution in [0.25, 0.3) is 0 Å². The number of hydrogen-bond acceptors (Lipinski definition) is 4. The summed E-state index contributed by atoms with van der Waals surface area (Å²) in [4.78, 5) is 0. The average Bonchev–Trinajstić information content (AvgIpc) is 2.13. The van der Waals surface area contributed by atoms with Crippen LogP contribution in [0.3, 0.4) is 0 Å². The Morgan fingerprint density at radius 1 is 1.33 bits per heavy atom. The highest BCUT2D eigenvalue weighted by atomic mass is 32.2. The summed E-state index contributed by atoms with van der Waals surface area (Å²) in [5.74, 6) is 0. The molecule has 0 saturated carbocycles. The van der Waals surface area contributed by atoms with E-state index >= 15 is 0 Å². The number of rotatable bonds is 9. The molecule has 0 saturated heterocycles. The molecule has 6 nitrogen and oxygen atoms in total. The van der Waals surface area contributed by atoms with Gasteiger partial charge in [0.25, 0.3) is 10.2 Å². The second-order valence-electron chi connectivity index (χ2n) is 3.28. The molecule has 0 bridgehead atoms. The van der Waals surface area contributed by atoms with Crippen LogP contribution in [-0.4, -0.2) is 46.4 Å². The van der Waals surface area contributed by atoms with E-state index < -0.39 is 16.3 Å². The standard InChI is InChI=1S/C8H20N2O4S/c1-8(11)4-3-5-9-15(12,13)10-6-7-14-2/h8-11H,3-7H2,1-2H3. The predicted molar refractivity (Wildman–Crippen MR) is 57.7 cm³/mol. The minimum absolute atomic E-state index is 0.252. The number of ether oxygens (including phenoxy) is 1. The zero-order valence-electron chi connectivity index (χ0n) is 9.19. The minimum Gasteiger partial charge on any atom is -0.393 e. The number of aliphatic hydroxyl groups is 1. The molecule has 0 fully saturated rings. The van der Waals surface area contributed by atoms with Crippen molar-refractivity contribution in [2.75, 3.05) is 26.8 Å². The van der Waals surface area contributed by atoms with Crippen LogP contribution in [0, 0.1) is 0 Å². The molecular formula is C8H20N2O4S. The summed E-state index contributed by atoms with van der Waals surface area (Å²) in [5, 5.41) is 8.95. The van der Waals surface area contributed by atoms with Gasteiger partial charge in [0.2, 0.25) is 0 Å². The molecule has 0 rings (SSSR count). The molecule has 0 aliphatic heterocycles. The molecule has 0 spiro atoms. The van der Waals surface area contributed by atoms with Crippen LogP contribution in [-0.2, 0) is 14.9 Å². The third kappa shape index (κ3) is 10.1. The van der Waals surface area contributed by atoms with Gasteiger partial charge in [-0.2, -0.15) is 13.1 Å². The van der Waals surface area contributed by atoms with Gasteiger partial charge in [0.05, 0.1) is 12.7 Å². The number of methoxy groups -OCH3 is 1. The van der Waals surface area contributed by atoms with Gasteiger partial charge in [-0.3, -0.25) is 0 Å². The van der Waals surface area contributed by atoms with Gasteiger partial charge >= 0.3 is 0 Å². The highest BCUT2D eigenvalue weighted by Crippen LogP contribution is 1.93. The molecule has 0 aromatic carbocycles. The summed E-state index contributed by atoms with van der Waals surface area (Å²) < 4.78 is 31.8. The molecule has 7 heteroatoms. The molecule has 3 N–H and O–H groups in total. The second-order valence-corrected chi connectivity index (χ2v) is 4.86. The lowest BCUT2D eigenvalue weighted by Crippen LogP contribution is -2.38. The zero-order valence-corrected chi connectivity index (χ0v) is 10.0. The van der Waals surface area contributed by atoms with Crippen LogP contribution in [0.5, 0.6) is 0 Å². The van der Waals surface area contributed by atoms with Gasteiger partial charge in [0, 0.05) is 20.2 Å². The Morgan fingerprint density at radius 3 is 2.47 bits per heavy atom. The van der Waals surface area contributed by atoms with E-state index in [2.05, 4.69) is 9.44 Å². The maximum atomic E-state index is 11.2. The molecule has 0 aliphatic rings. The van der Waals surface area contributed by atoms with E-state index in [-0.39, 0.29) is 6.54 Å². The van der Waals surface area contributed by atoms with Crippen molar-refractivity contribution in [2.24, 2.45) is 0 Å². The number of nitrogens with one attached hydrogen (secondary N) is 2. The van der Waals surface area contributed by atoms with Crippen molar-refractivity contribution in [3.05, 3.63) is 0 Å². The van der Waals surface area contributed by atoms with Gasteiger partial charge in [0.1, 0.15) is 0 Å². The first-order chi connectivity index (χ1) is 6.98. The number of aliphatic hydroxyl groups excluding tert-OH is 1. The molecule has 1 unspecified atom stereocenters. The van der Waals surface area contributed by atoms with Crippen LogP contribution in [0.1, 0.15) is 19.8 Å². The molecule has 0 radical (unpaired) electrons. The van der Waals surface area contributed by atoms with Crippen LogP contribution >= 0.6 is 0 Å². The van der Waals surface area contributed by atoms with E-state index in [1.165, 1.54) is 7.11 Å². The Bertz CT molecular complexity index is 241. The van der Waals surface area contributed by atoms with Crippen molar-refractivity contribution >= 4 is 10.2 Å². The molecule has 0 aromatic heterocycles. The maximum Gasteiger partial charge on any atom is 0.276 e. The van der Waals surface area contributed by atoms with Gasteiger partial charge in [-0.25, -0.2) is 4.72 Å². The van der Waals surface area contributed by atoms with E-state index in [1.807, 2.05) is 0 Å². The summed E-state index contributed by atoms with van der Waals surface area (Å²) in [7, 11) is -1.91. The Hall–Kier alpha value is -0.210. The van der Waals surface area contributed by atoms with E-state index in [0.717, 1.165) is 0 Å². The summed E-state index contributed by atoms with van der Waals surface area (Å²) in [6.45, 7) is 2.59. The highest BCUT2D eigenvalue weighted by Gasteiger charge is 2.07. The number of hydrogen-bond donors (Lipinski definition) is 3. The van der Waals surface area contributed by atoms with Crippen molar-refractivity contribution < 1.29 is 18.3 Å². The first-order valence-corrected chi connectivity index (χ1v) is 6.37. The van der Waals surface area contributed by atoms with Crippen molar-refractivity contribution in [1.29, 1.82) is 0 Å². The Kier molecular flexibility index (Phi) is 7.89. The van der Waals surface area contributed by atoms with Gasteiger partial charge in [-0.1, -0.05) is 0 Å². The quantitative estimate of drug-likeness (QED) is 0.461. The normalized spacial score (nSPS) is 14.1. The summed E-state index contributed by atoms with van der Waals surface area (Å²) in [6.07, 6.45) is 0.805. The SMILES string of the molecule is COCCNS(=O)(=O)NCCCC(C)O. The average molecular weight is 240 g/mol. The molecular weight excluding hydrogens is 220 g/mol. The molecule has 92 valence electrons. The molecule has 15 heavy (non-hydrogen) atoms. The Balaban J connectivity index is 3.56. The lowest BCUT2D eigenvalue weighted by atomic mass is 10.2. The third-order valence-electron chi connectivity index (χ3n) is 1.69. The highest BCUT2D eigenvalue weighted by molar-refractivity contribution is 7.87. The fourth-order valence-electron chi connectivity index (χ4n) is 0.933. The van der Waals surface area contributed by atoms with Crippen molar-refractivity contribution in [3.8, 4) is 0 Å². The van der Waals surface area contributed by atoms with Crippen LogP contribution in [0.4, 0.5) is 0 Å². The fraction of sp³-hybridized carbons (Fsp3) is 1.00. The van der Waals surface area contributed by atoms with E-state index in [9.17, 15) is 8.42 Å². The first kappa shape index (κ1) is 14.8. The third-order valence-corrected chi connectivity index (χ3v) is 2.86. The minimum atomic E-state index is -3.41. The molecule has 0 amide bonds. The van der Waals surface area contributed by atoms with Crippen molar-refractivity contribution in [3.63, 3.8) is 0 Å². The van der Waals surface area contributed by atoms with Gasteiger partial charge in [0.15, 0.2) is 0 Å². The van der Waals surface area contributed by atoms with Crippen molar-refractivity contribution in [2.45, 2.75) is 25.9 Å². The topological polar surface area (TPSA) is 87.7 Å². The maximum absolute atomic E-state index is 11.2. The van der Waals surface area contributed by atoms with Gasteiger partial charge < -0.3 is 9.84 Å². The zero-order chi connectivity index (χ0) is 11.7. The summed E-state index contributed by atoms with van der Waals surface area (Å²) in [5.41, 5.74) is 0. The molecule has 0 aliphatic carbocycles. The van der Waals surface area contributed by atoms with Gasteiger partial charge in [-0.15, -0.1) is 0 Å². The Labute approximate surface area is 91.2 Å². The first-order valence-electron chi connectivity index (χ1n) is 4.89. The predicted octanol–water partition coefficient (Wildman–Crippen LogP) is -0.782. The van der Waals surface area contributed by atoms with E-state index in [1.54, 1.807) is 6.92 Å². The molecule has 0 heterocycles. The van der Waals surface area contributed by atoms with Crippen LogP contribution in [0.2, 0.25) is 0 Å². The Morgan fingerprint density at radius 2 is 1.93 bits per heavy atom. The van der Waals surface area contributed by atoms with Crippen molar-refractivity contribution in [1.82, 2.24) is 9.44 Å². The fourth-order valence-corrected chi connectivity index (χ4v) is 1.80. The lowest BCUT2D eigenvalue weighted by molar-refractivity contribution is 0.182. The van der Waals surface area contributed by atoms with Crippen LogP contribution < -0.4 is 9.44 Å². The summed E-state index contributed by atoms with van der Waals surface area (Å²) in [6, 6.07) is 0. The molecule has 1 atom stereocenters. The van der Waals surface area contributed by atoms with Gasteiger partial charge in [-0.05, 0) is 19.8 Å². The van der Waals surface area contributed by atoms with E-state index in [0.29, 0.717) is 26.0 Å². The second kappa shape index (κ2) is 8.00. The smallest absolute Gasteiger partial charge is 0.276 e.